The smallest absolute Gasteiger partial charge is 0.225 e. The number of fused-ring (bicyclic) bond motifs is 1. The number of aryl methyl sites for hydroxylation is 2. The lowest BCUT2D eigenvalue weighted by Crippen LogP contribution is -2.53. The zero-order chi connectivity index (χ0) is 19.2. The van der Waals surface area contributed by atoms with Crippen LogP contribution in [0.2, 0.25) is 0 Å². The van der Waals surface area contributed by atoms with Crippen molar-refractivity contribution in [3.05, 3.63) is 17.5 Å². The van der Waals surface area contributed by atoms with Crippen LogP contribution in [0.25, 0.3) is 0 Å². The first-order valence-electron chi connectivity index (χ1n) is 9.48. The summed E-state index contributed by atoms with van der Waals surface area (Å²) in [6, 6.07) is 1.74. The molecule has 3 fully saturated rings. The minimum atomic E-state index is -2.92. The molecule has 27 heavy (non-hydrogen) atoms. The molecule has 148 valence electrons. The first-order valence-corrected chi connectivity index (χ1v) is 11.3. The van der Waals surface area contributed by atoms with Gasteiger partial charge in [-0.25, -0.2) is 18.4 Å². The van der Waals surface area contributed by atoms with Crippen molar-refractivity contribution in [3.8, 4) is 0 Å². The lowest BCUT2D eigenvalue weighted by atomic mass is 9.83. The van der Waals surface area contributed by atoms with E-state index < -0.39 is 9.84 Å². The molecule has 3 atom stereocenters. The largest absolute Gasteiger partial charge is 0.377 e. The van der Waals surface area contributed by atoms with E-state index in [1.165, 1.54) is 0 Å². The van der Waals surface area contributed by atoms with Crippen molar-refractivity contribution >= 4 is 21.7 Å². The molecule has 0 saturated carbocycles. The lowest BCUT2D eigenvalue weighted by Gasteiger charge is -2.36. The number of amides is 1. The van der Waals surface area contributed by atoms with Gasteiger partial charge in [0.05, 0.1) is 36.7 Å². The van der Waals surface area contributed by atoms with Crippen LogP contribution in [0.15, 0.2) is 6.07 Å². The van der Waals surface area contributed by atoms with Gasteiger partial charge in [0.1, 0.15) is 0 Å². The summed E-state index contributed by atoms with van der Waals surface area (Å²) in [6.07, 6.45) is 1.16. The predicted molar refractivity (Wildman–Crippen MR) is 100 cm³/mol. The molecule has 1 aromatic heterocycles. The molecule has 0 aromatic carbocycles. The Morgan fingerprint density at radius 1 is 1.30 bits per heavy atom. The molecule has 9 heteroatoms. The van der Waals surface area contributed by atoms with Crippen LogP contribution in [0.4, 0.5) is 5.95 Å². The van der Waals surface area contributed by atoms with Crippen LogP contribution in [0.1, 0.15) is 24.2 Å². The zero-order valence-corrected chi connectivity index (χ0v) is 16.5. The van der Waals surface area contributed by atoms with Crippen molar-refractivity contribution in [2.24, 2.45) is 11.8 Å². The average molecular weight is 394 g/mol. The van der Waals surface area contributed by atoms with Gasteiger partial charge >= 0.3 is 0 Å². The molecule has 3 saturated heterocycles. The van der Waals surface area contributed by atoms with E-state index in [1.54, 1.807) is 0 Å². The Labute approximate surface area is 159 Å². The van der Waals surface area contributed by atoms with Crippen LogP contribution in [-0.4, -0.2) is 67.6 Å². The van der Waals surface area contributed by atoms with E-state index in [-0.39, 0.29) is 29.6 Å². The predicted octanol–water partition coefficient (Wildman–Crippen LogP) is 0.238. The van der Waals surface area contributed by atoms with Gasteiger partial charge in [-0.05, 0) is 32.3 Å². The van der Waals surface area contributed by atoms with Gasteiger partial charge in [0.2, 0.25) is 11.9 Å². The Kier molecular flexibility index (Phi) is 4.84. The highest BCUT2D eigenvalue weighted by Crippen LogP contribution is 2.36. The van der Waals surface area contributed by atoms with Crippen molar-refractivity contribution in [1.29, 1.82) is 0 Å². The second-order valence-electron chi connectivity index (χ2n) is 8.03. The molecule has 1 aromatic rings. The van der Waals surface area contributed by atoms with Gasteiger partial charge in [-0.3, -0.25) is 4.79 Å². The molecule has 0 bridgehead atoms. The number of anilines is 1. The van der Waals surface area contributed by atoms with E-state index in [1.807, 2.05) is 19.9 Å². The number of carbonyl (C=O) groups excluding carboxylic acids is 1. The number of carbonyl (C=O) groups is 1. The van der Waals surface area contributed by atoms with Gasteiger partial charge in [-0.15, -0.1) is 0 Å². The minimum absolute atomic E-state index is 0.0567. The third kappa shape index (κ3) is 4.08. The van der Waals surface area contributed by atoms with E-state index in [9.17, 15) is 13.2 Å². The molecule has 1 amide bonds. The topological polar surface area (TPSA) is 101 Å². The number of aromatic nitrogens is 2. The van der Waals surface area contributed by atoms with Crippen LogP contribution in [0.3, 0.4) is 0 Å². The summed E-state index contributed by atoms with van der Waals surface area (Å²) in [4.78, 5) is 23.6. The number of piperidine rings is 1. The third-order valence-corrected chi connectivity index (χ3v) is 7.53. The molecule has 4 heterocycles. The standard InChI is InChI=1S/C18H26N4O4S/c1-11-5-12(2)20-18(19-11)22-4-3-15-13(7-22)8-26-16(15)6-17(23)21-14-9-27(24,25)10-14/h5,13-16H,3-4,6-10H2,1-2H3,(H,21,23)/t13-,15-,16+/m1/s1. The van der Waals surface area contributed by atoms with Crippen LogP contribution < -0.4 is 10.2 Å². The van der Waals surface area contributed by atoms with E-state index in [4.69, 9.17) is 4.74 Å². The van der Waals surface area contributed by atoms with Gasteiger partial charge in [-0.1, -0.05) is 0 Å². The monoisotopic (exact) mass is 394 g/mol. The summed E-state index contributed by atoms with van der Waals surface area (Å²) in [5.41, 5.74) is 1.93. The van der Waals surface area contributed by atoms with E-state index in [2.05, 4.69) is 20.2 Å². The fourth-order valence-corrected chi connectivity index (χ4v) is 5.74. The maximum Gasteiger partial charge on any atom is 0.225 e. The van der Waals surface area contributed by atoms with Gasteiger partial charge in [0.25, 0.3) is 0 Å². The van der Waals surface area contributed by atoms with Crippen molar-refractivity contribution in [2.75, 3.05) is 36.1 Å². The lowest BCUT2D eigenvalue weighted by molar-refractivity contribution is -0.124. The van der Waals surface area contributed by atoms with Crippen molar-refractivity contribution < 1.29 is 17.9 Å². The summed E-state index contributed by atoms with van der Waals surface area (Å²) >= 11 is 0. The van der Waals surface area contributed by atoms with Gasteiger partial charge in [0.15, 0.2) is 9.84 Å². The molecule has 3 aliphatic heterocycles. The Morgan fingerprint density at radius 2 is 2.00 bits per heavy atom. The Bertz CT molecular complexity index is 812. The molecule has 0 radical (unpaired) electrons. The molecular formula is C18H26N4O4S. The van der Waals surface area contributed by atoms with Crippen LogP contribution in [0.5, 0.6) is 0 Å². The third-order valence-electron chi connectivity index (χ3n) is 5.71. The normalized spacial score (nSPS) is 29.9. The fraction of sp³-hybridized carbons (Fsp3) is 0.722. The van der Waals surface area contributed by atoms with Crippen LogP contribution in [-0.2, 0) is 19.4 Å². The Morgan fingerprint density at radius 3 is 2.67 bits per heavy atom. The van der Waals surface area contributed by atoms with E-state index >= 15 is 0 Å². The fourth-order valence-electron chi connectivity index (χ4n) is 4.44. The highest BCUT2D eigenvalue weighted by atomic mass is 32.2. The Hall–Kier alpha value is -1.74. The number of hydrogen-bond acceptors (Lipinski definition) is 7. The second-order valence-corrected chi connectivity index (χ2v) is 10.2. The number of nitrogens with one attached hydrogen (secondary N) is 1. The summed E-state index contributed by atoms with van der Waals surface area (Å²) < 4.78 is 28.3. The SMILES string of the molecule is Cc1cc(C)nc(N2CC[C@@H]3[C@@H](CO[C@H]3CC(=O)NC3CS(=O)(=O)C3)C2)n1. The number of rotatable bonds is 4. The molecule has 0 aliphatic carbocycles. The number of sulfone groups is 1. The minimum Gasteiger partial charge on any atom is -0.377 e. The van der Waals surface area contributed by atoms with Gasteiger partial charge < -0.3 is 15.0 Å². The summed E-state index contributed by atoms with van der Waals surface area (Å²) in [5.74, 6) is 1.49. The molecule has 8 nitrogen and oxygen atoms in total. The molecule has 0 spiro atoms. The maximum atomic E-state index is 12.2. The zero-order valence-electron chi connectivity index (χ0n) is 15.7. The van der Waals surface area contributed by atoms with Gasteiger partial charge in [-0.2, -0.15) is 0 Å². The molecule has 4 rings (SSSR count). The molecule has 1 N–H and O–H groups in total. The van der Waals surface area contributed by atoms with Crippen molar-refractivity contribution in [1.82, 2.24) is 15.3 Å². The van der Waals surface area contributed by atoms with E-state index in [0.717, 1.165) is 36.8 Å². The first kappa shape index (κ1) is 18.6. The summed E-state index contributed by atoms with van der Waals surface area (Å²) in [6.45, 7) is 6.29. The summed E-state index contributed by atoms with van der Waals surface area (Å²) in [7, 11) is -2.92. The highest BCUT2D eigenvalue weighted by Gasteiger charge is 2.43. The molecule has 3 aliphatic rings. The highest BCUT2D eigenvalue weighted by molar-refractivity contribution is 7.92. The molecular weight excluding hydrogens is 368 g/mol. The van der Waals surface area contributed by atoms with Crippen LogP contribution in [0, 0.1) is 25.7 Å². The Balaban J connectivity index is 1.32. The number of nitrogens with zero attached hydrogens (tertiary/aromatic N) is 3. The molecule has 0 unspecified atom stereocenters. The maximum absolute atomic E-state index is 12.2. The second kappa shape index (κ2) is 7.01. The van der Waals surface area contributed by atoms with Crippen LogP contribution >= 0.6 is 0 Å². The van der Waals surface area contributed by atoms with E-state index in [0.29, 0.717) is 24.9 Å². The van der Waals surface area contributed by atoms with Crippen molar-refractivity contribution in [2.45, 2.75) is 38.8 Å². The van der Waals surface area contributed by atoms with Crippen molar-refractivity contribution in [3.63, 3.8) is 0 Å². The summed E-state index contributed by atoms with van der Waals surface area (Å²) in [5, 5.41) is 2.81. The first-order chi connectivity index (χ1) is 12.8. The quantitative estimate of drug-likeness (QED) is 0.780. The average Bonchev–Trinajstić information content (AvgIpc) is 2.94. The number of hydrogen-bond donors (Lipinski definition) is 1. The van der Waals surface area contributed by atoms with Gasteiger partial charge in [0, 0.05) is 30.4 Å². The number of ether oxygens (including phenoxy) is 1.